The van der Waals surface area contributed by atoms with Crippen molar-refractivity contribution in [2.45, 2.75) is 84.0 Å². The van der Waals surface area contributed by atoms with E-state index in [1.807, 2.05) is 0 Å². The van der Waals surface area contributed by atoms with Gasteiger partial charge < -0.3 is 9.47 Å². The predicted molar refractivity (Wildman–Crippen MR) is 134 cm³/mol. The monoisotopic (exact) mass is 538 g/mol. The zero-order chi connectivity index (χ0) is 27.3. The number of unbranched alkanes of at least 4 members (excludes halogenated alkanes) is 1. The van der Waals surface area contributed by atoms with Gasteiger partial charge in [-0.15, -0.1) is 0 Å². The quantitative estimate of drug-likeness (QED) is 0.138. The maximum absolute atomic E-state index is 14.6. The summed E-state index contributed by atoms with van der Waals surface area (Å²) in [5.74, 6) is -8.65. The molecule has 0 radical (unpaired) electrons. The van der Waals surface area contributed by atoms with Crippen LogP contribution in [0.4, 0.5) is 22.0 Å². The van der Waals surface area contributed by atoms with Gasteiger partial charge in [-0.3, -0.25) is 0 Å². The molecule has 0 amide bonds. The second-order valence-corrected chi connectivity index (χ2v) is 10.9. The number of esters is 1. The molecular weight excluding hydrogens is 503 g/mol. The van der Waals surface area contributed by atoms with E-state index < -0.39 is 46.4 Å². The van der Waals surface area contributed by atoms with Gasteiger partial charge in [0, 0.05) is 24.3 Å². The Morgan fingerprint density at radius 3 is 2.00 bits per heavy atom. The van der Waals surface area contributed by atoms with E-state index in [2.05, 4.69) is 11.7 Å². The average molecular weight is 539 g/mol. The van der Waals surface area contributed by atoms with Crippen molar-refractivity contribution < 1.29 is 36.2 Å². The molecule has 2 fully saturated rings. The molecule has 2 aromatic rings. The van der Waals surface area contributed by atoms with Crippen molar-refractivity contribution in [1.29, 1.82) is 0 Å². The number of carbonyl (C=O) groups excluding carboxylic acids is 1. The molecule has 0 aromatic heterocycles. The number of rotatable bonds is 9. The smallest absolute Gasteiger partial charge is 0.349 e. The molecule has 0 aliphatic heterocycles. The molecule has 0 atom stereocenters. The van der Waals surface area contributed by atoms with Crippen LogP contribution in [0.2, 0.25) is 0 Å². The molecule has 0 unspecified atom stereocenters. The number of carbonyl (C=O) groups is 1. The van der Waals surface area contributed by atoms with E-state index >= 15 is 0 Å². The van der Waals surface area contributed by atoms with Crippen LogP contribution >= 0.6 is 0 Å². The van der Waals surface area contributed by atoms with E-state index in [9.17, 15) is 26.7 Å². The number of benzene rings is 2. The highest BCUT2D eigenvalue weighted by atomic mass is 19.2. The highest BCUT2D eigenvalue weighted by Gasteiger charge is 2.40. The van der Waals surface area contributed by atoms with Crippen molar-refractivity contribution in [2.75, 3.05) is 6.61 Å². The third kappa shape index (κ3) is 6.49. The summed E-state index contributed by atoms with van der Waals surface area (Å²) >= 11 is 0. The molecule has 0 N–H and O–H groups in total. The SMILES string of the molecule is CCCCC1([C@H]2CC[C@H](COc3cc(F)c(C(=O)Oc4cc(F)c(F)c(F)c4)c(F)c3)CC2)CCCCC1. The largest absolute Gasteiger partial charge is 0.493 e. The van der Waals surface area contributed by atoms with Crippen LogP contribution in [0.3, 0.4) is 0 Å². The fourth-order valence-corrected chi connectivity index (χ4v) is 6.38. The first-order chi connectivity index (χ1) is 18.2. The summed E-state index contributed by atoms with van der Waals surface area (Å²) in [7, 11) is 0. The average Bonchev–Trinajstić information content (AvgIpc) is 2.90. The molecule has 2 aliphatic carbocycles. The minimum atomic E-state index is -1.75. The Morgan fingerprint density at radius 2 is 1.42 bits per heavy atom. The zero-order valence-electron chi connectivity index (χ0n) is 21.8. The topological polar surface area (TPSA) is 35.5 Å². The van der Waals surface area contributed by atoms with Crippen molar-refractivity contribution >= 4 is 5.97 Å². The van der Waals surface area contributed by atoms with Gasteiger partial charge in [-0.1, -0.05) is 39.0 Å². The summed E-state index contributed by atoms with van der Waals surface area (Å²) in [6, 6.07) is 2.61. The van der Waals surface area contributed by atoms with E-state index in [4.69, 9.17) is 4.74 Å². The first-order valence-electron chi connectivity index (χ1n) is 13.7. The first kappa shape index (κ1) is 28.4. The molecule has 0 heterocycles. The lowest BCUT2D eigenvalue weighted by atomic mass is 9.59. The molecule has 0 bridgehead atoms. The second-order valence-electron chi connectivity index (χ2n) is 10.9. The summed E-state index contributed by atoms with van der Waals surface area (Å²) in [6.07, 6.45) is 14.8. The van der Waals surface area contributed by atoms with Crippen molar-refractivity contribution in [3.8, 4) is 11.5 Å². The molecule has 2 aromatic carbocycles. The molecule has 8 heteroatoms. The normalized spacial score (nSPS) is 21.2. The van der Waals surface area contributed by atoms with E-state index in [1.165, 1.54) is 51.4 Å². The second kappa shape index (κ2) is 12.5. The van der Waals surface area contributed by atoms with Crippen molar-refractivity contribution in [3.05, 3.63) is 58.9 Å². The van der Waals surface area contributed by atoms with Gasteiger partial charge in [-0.2, -0.15) is 0 Å². The maximum Gasteiger partial charge on any atom is 0.349 e. The Hall–Kier alpha value is -2.64. The third-order valence-electron chi connectivity index (χ3n) is 8.46. The van der Waals surface area contributed by atoms with Crippen LogP contribution in [0.25, 0.3) is 0 Å². The Labute approximate surface area is 220 Å². The highest BCUT2D eigenvalue weighted by Crippen LogP contribution is 2.52. The molecule has 0 saturated heterocycles. The van der Waals surface area contributed by atoms with Crippen LogP contribution < -0.4 is 9.47 Å². The van der Waals surface area contributed by atoms with Gasteiger partial charge in [0.15, 0.2) is 17.5 Å². The predicted octanol–water partition coefficient (Wildman–Crippen LogP) is 8.93. The Kier molecular flexibility index (Phi) is 9.32. The Morgan fingerprint density at radius 1 is 0.842 bits per heavy atom. The Bertz CT molecular complexity index is 1070. The lowest BCUT2D eigenvalue weighted by molar-refractivity contribution is 0.0373. The van der Waals surface area contributed by atoms with Crippen LogP contribution in [0.1, 0.15) is 94.3 Å². The standard InChI is InChI=1S/C30H35F5O3/c1-2-3-11-30(12-5-4-6-13-30)20-9-7-19(8-10-20)18-37-21-14-23(31)27(24(32)15-21)29(36)38-22-16-25(33)28(35)26(34)17-22/h14-17,19-20H,2-13,18H2,1H3/t19-,20-. The fraction of sp³-hybridized carbons (Fsp3) is 0.567. The summed E-state index contributed by atoms with van der Waals surface area (Å²) < 4.78 is 79.4. The van der Waals surface area contributed by atoms with Crippen molar-refractivity contribution in [3.63, 3.8) is 0 Å². The zero-order valence-corrected chi connectivity index (χ0v) is 21.8. The van der Waals surface area contributed by atoms with Gasteiger partial charge in [-0.05, 0) is 62.2 Å². The summed E-state index contributed by atoms with van der Waals surface area (Å²) in [4.78, 5) is 12.3. The van der Waals surface area contributed by atoms with Gasteiger partial charge in [0.1, 0.15) is 28.7 Å². The number of halogens is 5. The Balaban J connectivity index is 1.33. The molecule has 2 aliphatic rings. The third-order valence-corrected chi connectivity index (χ3v) is 8.46. The summed E-state index contributed by atoms with van der Waals surface area (Å²) in [5.41, 5.74) is -0.560. The molecule has 3 nitrogen and oxygen atoms in total. The summed E-state index contributed by atoms with van der Waals surface area (Å²) in [6.45, 7) is 2.57. The molecule has 0 spiro atoms. The number of hydrogen-bond donors (Lipinski definition) is 0. The van der Waals surface area contributed by atoms with Gasteiger partial charge in [0.2, 0.25) is 0 Å². The van der Waals surface area contributed by atoms with Gasteiger partial charge >= 0.3 is 5.97 Å². The summed E-state index contributed by atoms with van der Waals surface area (Å²) in [5, 5.41) is 0. The van der Waals surface area contributed by atoms with Crippen LogP contribution in [0.5, 0.6) is 11.5 Å². The van der Waals surface area contributed by atoms with Crippen LogP contribution in [0, 0.1) is 46.3 Å². The van der Waals surface area contributed by atoms with E-state index in [1.54, 1.807) is 0 Å². The molecule has 4 rings (SSSR count). The van der Waals surface area contributed by atoms with Gasteiger partial charge in [0.05, 0.1) is 6.61 Å². The van der Waals surface area contributed by atoms with Gasteiger partial charge in [-0.25, -0.2) is 26.7 Å². The molecule has 38 heavy (non-hydrogen) atoms. The lowest BCUT2D eigenvalue weighted by Crippen LogP contribution is -2.36. The number of ether oxygens (including phenoxy) is 2. The number of hydrogen-bond acceptors (Lipinski definition) is 3. The molecular formula is C30H35F5O3. The highest BCUT2D eigenvalue weighted by molar-refractivity contribution is 5.91. The van der Waals surface area contributed by atoms with Crippen molar-refractivity contribution in [1.82, 2.24) is 0 Å². The minimum Gasteiger partial charge on any atom is -0.493 e. The molecule has 208 valence electrons. The minimum absolute atomic E-state index is 0.0516. The van der Waals surface area contributed by atoms with Crippen LogP contribution in [0.15, 0.2) is 24.3 Å². The van der Waals surface area contributed by atoms with Crippen LogP contribution in [-0.2, 0) is 0 Å². The lowest BCUT2D eigenvalue weighted by Gasteiger charge is -2.47. The van der Waals surface area contributed by atoms with Crippen LogP contribution in [-0.4, -0.2) is 12.6 Å². The fourth-order valence-electron chi connectivity index (χ4n) is 6.38. The molecule has 2 saturated carbocycles. The maximum atomic E-state index is 14.6. The van der Waals surface area contributed by atoms with E-state index in [0.29, 0.717) is 24.2 Å². The van der Waals surface area contributed by atoms with E-state index in [-0.39, 0.29) is 11.7 Å². The van der Waals surface area contributed by atoms with Gasteiger partial charge in [0.25, 0.3) is 0 Å². The first-order valence-corrected chi connectivity index (χ1v) is 13.7. The van der Waals surface area contributed by atoms with E-state index in [0.717, 1.165) is 43.7 Å². The van der Waals surface area contributed by atoms with Crippen molar-refractivity contribution in [2.24, 2.45) is 17.3 Å².